The highest BCUT2D eigenvalue weighted by atomic mass is 19.3. The molecule has 30 heavy (non-hydrogen) atoms. The van der Waals surface area contributed by atoms with Gasteiger partial charge in [-0.15, -0.1) is 0 Å². The smallest absolute Gasteiger partial charge is 0.387 e. The number of nitrogens with two attached hydrogens (primary N) is 1. The monoisotopic (exact) mass is 412 g/mol. The van der Waals surface area contributed by atoms with Gasteiger partial charge in [-0.1, -0.05) is 36.4 Å². The average Bonchev–Trinajstić information content (AvgIpc) is 2.96. The maximum Gasteiger partial charge on any atom is 0.387 e. The van der Waals surface area contributed by atoms with Crippen LogP contribution in [-0.4, -0.2) is 30.4 Å². The molecule has 2 aromatic rings. The zero-order valence-electron chi connectivity index (χ0n) is 16.5. The van der Waals surface area contributed by atoms with Gasteiger partial charge in [0.05, 0.1) is 6.07 Å². The normalized spacial score (nSPS) is 18.4. The fourth-order valence-electron chi connectivity index (χ4n) is 3.55. The Bertz CT molecular complexity index is 985. The summed E-state index contributed by atoms with van der Waals surface area (Å²) in [6.07, 6.45) is 2.91. The zero-order chi connectivity index (χ0) is 21.7. The van der Waals surface area contributed by atoms with E-state index in [1.807, 2.05) is 18.2 Å². The molecule has 156 valence electrons. The van der Waals surface area contributed by atoms with E-state index in [9.17, 15) is 13.6 Å². The molecule has 0 bridgehead atoms. The molecule has 0 spiro atoms. The number of benzene rings is 2. The van der Waals surface area contributed by atoms with Crippen LogP contribution in [0.25, 0.3) is 0 Å². The number of rotatable bonds is 8. The molecule has 1 aliphatic heterocycles. The summed E-state index contributed by atoms with van der Waals surface area (Å²) in [5.41, 5.74) is 6.72. The van der Waals surface area contributed by atoms with Crippen LogP contribution in [0.2, 0.25) is 0 Å². The molecule has 1 amide bonds. The number of hydrogen-bond acceptors (Lipinski definition) is 5. The number of nitriles is 1. The van der Waals surface area contributed by atoms with Gasteiger partial charge in [0.1, 0.15) is 5.75 Å². The Kier molecular flexibility index (Phi) is 6.31. The van der Waals surface area contributed by atoms with Crippen LogP contribution >= 0.6 is 0 Å². The van der Waals surface area contributed by atoms with Gasteiger partial charge in [0.2, 0.25) is 0 Å². The van der Waals surface area contributed by atoms with Gasteiger partial charge in [-0.05, 0) is 48.1 Å². The number of alkyl halides is 2. The summed E-state index contributed by atoms with van der Waals surface area (Å²) < 4.78 is 29.4. The number of aliphatic imine (C=N–C) groups is 1. The highest BCUT2D eigenvalue weighted by Crippen LogP contribution is 2.40. The second-order valence-electron chi connectivity index (χ2n) is 7.01. The van der Waals surface area contributed by atoms with E-state index in [0.717, 1.165) is 24.8 Å². The Balaban J connectivity index is 2.01. The van der Waals surface area contributed by atoms with Gasteiger partial charge < -0.3 is 10.5 Å². The minimum Gasteiger partial charge on any atom is -0.435 e. The molecule has 2 aromatic carbocycles. The van der Waals surface area contributed by atoms with Gasteiger partial charge in [0.15, 0.2) is 11.5 Å². The van der Waals surface area contributed by atoms with E-state index in [1.165, 1.54) is 17.0 Å². The summed E-state index contributed by atoms with van der Waals surface area (Å²) in [5, 5.41) is 8.69. The van der Waals surface area contributed by atoms with Crippen molar-refractivity contribution in [3.05, 3.63) is 65.2 Å². The Morgan fingerprint density at radius 3 is 2.53 bits per heavy atom. The average molecular weight is 412 g/mol. The number of nitrogens with zero attached hydrogens (tertiary/aromatic N) is 3. The number of unbranched alkanes of at least 4 members (excludes halogenated alkanes) is 2. The Morgan fingerprint density at radius 1 is 1.20 bits per heavy atom. The Labute approximate surface area is 173 Å². The molecule has 0 fully saturated rings. The van der Waals surface area contributed by atoms with E-state index in [4.69, 9.17) is 11.0 Å². The Hall–Kier alpha value is -3.47. The van der Waals surface area contributed by atoms with Gasteiger partial charge in [0, 0.05) is 13.5 Å². The number of carbonyl (C=O) groups is 1. The van der Waals surface area contributed by atoms with Gasteiger partial charge in [-0.25, -0.2) is 4.99 Å². The predicted octanol–water partition coefficient (Wildman–Crippen LogP) is 3.55. The lowest BCUT2D eigenvalue weighted by Gasteiger charge is -2.26. The molecule has 2 N–H and O–H groups in total. The lowest BCUT2D eigenvalue weighted by atomic mass is 9.82. The fraction of sp³-hybridized carbons (Fsp3) is 0.318. The first-order valence-electron chi connectivity index (χ1n) is 9.53. The first kappa shape index (κ1) is 21.2. The summed E-state index contributed by atoms with van der Waals surface area (Å²) in [6.45, 7) is -2.93. The van der Waals surface area contributed by atoms with Crippen molar-refractivity contribution < 1.29 is 18.3 Å². The molecule has 0 aromatic heterocycles. The van der Waals surface area contributed by atoms with Crippen molar-refractivity contribution >= 4 is 11.9 Å². The van der Waals surface area contributed by atoms with Gasteiger partial charge in [0.25, 0.3) is 5.91 Å². The molecule has 0 saturated heterocycles. The van der Waals surface area contributed by atoms with Crippen molar-refractivity contribution in [2.45, 2.75) is 37.8 Å². The van der Waals surface area contributed by atoms with E-state index in [2.05, 4.69) is 15.8 Å². The molecular formula is C22H22F2N4O2. The summed E-state index contributed by atoms with van der Waals surface area (Å²) >= 11 is 0. The number of guanidine groups is 1. The summed E-state index contributed by atoms with van der Waals surface area (Å²) in [5.74, 6) is -0.262. The van der Waals surface area contributed by atoms with Crippen molar-refractivity contribution in [2.75, 3.05) is 7.05 Å². The van der Waals surface area contributed by atoms with Crippen LogP contribution in [0.5, 0.6) is 5.75 Å². The van der Waals surface area contributed by atoms with Crippen LogP contribution in [0.1, 0.15) is 36.0 Å². The molecule has 6 nitrogen and oxygen atoms in total. The summed E-state index contributed by atoms with van der Waals surface area (Å²) in [7, 11) is 1.54. The Morgan fingerprint density at radius 2 is 1.93 bits per heavy atom. The van der Waals surface area contributed by atoms with Crippen molar-refractivity contribution in [3.63, 3.8) is 0 Å². The highest BCUT2D eigenvalue weighted by Gasteiger charge is 2.49. The van der Waals surface area contributed by atoms with Crippen molar-refractivity contribution in [2.24, 2.45) is 10.7 Å². The SMILES string of the molecule is CN1C(=O)[C@](c2ccc(OC(F)F)cc2)(c2cccc(CCCCC#N)c2)N=C1N. The quantitative estimate of drug-likeness (QED) is 0.671. The molecule has 8 heteroatoms. The number of ether oxygens (including phenoxy) is 1. The number of hydrogen-bond donors (Lipinski definition) is 1. The molecule has 0 aliphatic carbocycles. The van der Waals surface area contributed by atoms with Gasteiger partial charge in [-0.3, -0.25) is 9.69 Å². The van der Waals surface area contributed by atoms with E-state index in [1.54, 1.807) is 25.2 Å². The molecule has 0 saturated carbocycles. The van der Waals surface area contributed by atoms with E-state index in [-0.39, 0.29) is 17.6 Å². The summed E-state index contributed by atoms with van der Waals surface area (Å²) in [6, 6.07) is 15.5. The molecule has 1 heterocycles. The lowest BCUT2D eigenvalue weighted by Crippen LogP contribution is -2.41. The van der Waals surface area contributed by atoms with Crippen LogP contribution in [0, 0.1) is 11.3 Å². The zero-order valence-corrected chi connectivity index (χ0v) is 16.5. The number of aryl methyl sites for hydroxylation is 1. The largest absolute Gasteiger partial charge is 0.435 e. The molecule has 1 aliphatic rings. The minimum absolute atomic E-state index is 0.00843. The van der Waals surface area contributed by atoms with Crippen molar-refractivity contribution in [1.82, 2.24) is 4.90 Å². The van der Waals surface area contributed by atoms with Crippen LogP contribution in [0.3, 0.4) is 0 Å². The summed E-state index contributed by atoms with van der Waals surface area (Å²) in [4.78, 5) is 19.0. The number of likely N-dealkylation sites (N-methyl/N-ethyl adjacent to an activating group) is 1. The third-order valence-corrected chi connectivity index (χ3v) is 5.09. The number of amides is 1. The second kappa shape index (κ2) is 8.91. The first-order chi connectivity index (χ1) is 14.4. The third kappa shape index (κ3) is 4.10. The van der Waals surface area contributed by atoms with Gasteiger partial charge in [-0.2, -0.15) is 14.0 Å². The molecule has 1 atom stereocenters. The first-order valence-corrected chi connectivity index (χ1v) is 9.53. The van der Waals surface area contributed by atoms with Crippen LogP contribution in [-0.2, 0) is 16.8 Å². The van der Waals surface area contributed by atoms with Crippen LogP contribution in [0.4, 0.5) is 8.78 Å². The minimum atomic E-state index is -2.93. The molecule has 0 radical (unpaired) electrons. The fourth-order valence-corrected chi connectivity index (χ4v) is 3.55. The van der Waals surface area contributed by atoms with E-state index >= 15 is 0 Å². The van der Waals surface area contributed by atoms with E-state index in [0.29, 0.717) is 17.5 Å². The molecular weight excluding hydrogens is 390 g/mol. The standard InChI is InChI=1S/C22H22F2N4O2/c1-28-19(29)22(27-21(28)26,16-9-11-18(12-10-16)30-20(23)24)17-8-5-7-15(14-17)6-3-2-4-13-25/h5,7-12,14,20H,2-4,6H2,1H3,(H2,26,27)/t22-/m0/s1. The van der Waals surface area contributed by atoms with Gasteiger partial charge >= 0.3 is 6.61 Å². The van der Waals surface area contributed by atoms with Crippen molar-refractivity contribution in [1.29, 1.82) is 5.26 Å². The lowest BCUT2D eigenvalue weighted by molar-refractivity contribution is -0.129. The van der Waals surface area contributed by atoms with Crippen LogP contribution < -0.4 is 10.5 Å². The maximum atomic E-state index is 13.3. The topological polar surface area (TPSA) is 91.7 Å². The third-order valence-electron chi connectivity index (χ3n) is 5.09. The second-order valence-corrected chi connectivity index (χ2v) is 7.01. The van der Waals surface area contributed by atoms with E-state index < -0.39 is 12.2 Å². The molecule has 3 rings (SSSR count). The predicted molar refractivity (Wildman–Crippen MR) is 108 cm³/mol. The highest BCUT2D eigenvalue weighted by molar-refractivity contribution is 6.08. The maximum absolute atomic E-state index is 13.3. The number of carbonyl (C=O) groups excluding carboxylic acids is 1. The molecule has 0 unspecified atom stereocenters. The van der Waals surface area contributed by atoms with Crippen molar-refractivity contribution in [3.8, 4) is 11.8 Å². The number of halogens is 2. The van der Waals surface area contributed by atoms with Crippen LogP contribution in [0.15, 0.2) is 53.5 Å².